The van der Waals surface area contributed by atoms with Crippen LogP contribution in [0.2, 0.25) is 0 Å². The van der Waals surface area contributed by atoms with Crippen LogP contribution in [0.1, 0.15) is 36.4 Å². The fourth-order valence-electron chi connectivity index (χ4n) is 1.75. The zero-order valence-corrected chi connectivity index (χ0v) is 11.4. The molecule has 92 valence electrons. The molecule has 2 nitrogen and oxygen atoms in total. The van der Waals surface area contributed by atoms with Gasteiger partial charge < -0.3 is 10.1 Å². The second-order valence-corrected chi connectivity index (χ2v) is 5.30. The smallest absolute Gasteiger partial charge is 0.0615 e. The lowest BCUT2D eigenvalue weighted by Crippen LogP contribution is -2.32. The quantitative estimate of drug-likeness (QED) is 0.754. The Labute approximate surface area is 103 Å². The molecule has 0 aliphatic carbocycles. The Morgan fingerprint density at radius 3 is 2.62 bits per heavy atom. The van der Waals surface area contributed by atoms with E-state index in [1.54, 1.807) is 7.11 Å². The lowest BCUT2D eigenvalue weighted by atomic mass is 10.2. The molecule has 1 heterocycles. The van der Waals surface area contributed by atoms with Gasteiger partial charge in [0, 0.05) is 29.5 Å². The van der Waals surface area contributed by atoms with Crippen LogP contribution in [0.15, 0.2) is 12.1 Å². The first-order chi connectivity index (χ1) is 7.80. The Hall–Kier alpha value is -0.380. The Balaban J connectivity index is 2.35. The van der Waals surface area contributed by atoms with Crippen LogP contribution in [-0.4, -0.2) is 19.8 Å². The monoisotopic (exact) mass is 241 g/mol. The third-order valence-corrected chi connectivity index (χ3v) is 3.87. The molecule has 0 bridgehead atoms. The van der Waals surface area contributed by atoms with E-state index in [4.69, 9.17) is 4.74 Å². The highest BCUT2D eigenvalue weighted by molar-refractivity contribution is 7.11. The molecule has 0 radical (unpaired) electrons. The molecule has 0 aliphatic rings. The molecular formula is C13H23NOS. The maximum Gasteiger partial charge on any atom is 0.0615 e. The molecule has 1 rings (SSSR count). The summed E-state index contributed by atoms with van der Waals surface area (Å²) in [6.07, 6.45) is 3.52. The molecule has 16 heavy (non-hydrogen) atoms. The predicted molar refractivity (Wildman–Crippen MR) is 71.1 cm³/mol. The van der Waals surface area contributed by atoms with Crippen molar-refractivity contribution in [3.63, 3.8) is 0 Å². The van der Waals surface area contributed by atoms with Crippen molar-refractivity contribution in [2.75, 3.05) is 13.7 Å². The predicted octanol–water partition coefficient (Wildman–Crippen LogP) is 3.22. The number of hydrogen-bond acceptors (Lipinski definition) is 3. The van der Waals surface area contributed by atoms with Gasteiger partial charge in [-0.3, -0.25) is 0 Å². The second kappa shape index (κ2) is 7.82. The van der Waals surface area contributed by atoms with Gasteiger partial charge in [0.05, 0.1) is 6.61 Å². The number of thiophene rings is 1. The molecule has 1 unspecified atom stereocenters. The van der Waals surface area contributed by atoms with E-state index in [1.807, 2.05) is 11.3 Å². The van der Waals surface area contributed by atoms with Gasteiger partial charge in [0.1, 0.15) is 0 Å². The molecule has 1 N–H and O–H groups in total. The molecule has 0 aliphatic heterocycles. The summed E-state index contributed by atoms with van der Waals surface area (Å²) in [6.45, 7) is 6.19. The van der Waals surface area contributed by atoms with Gasteiger partial charge >= 0.3 is 0 Å². The van der Waals surface area contributed by atoms with Crippen molar-refractivity contribution in [2.24, 2.45) is 0 Å². The first-order valence-electron chi connectivity index (χ1n) is 6.10. The van der Waals surface area contributed by atoms with Gasteiger partial charge in [-0.05, 0) is 25.0 Å². The first-order valence-corrected chi connectivity index (χ1v) is 6.91. The minimum atomic E-state index is 0.488. The largest absolute Gasteiger partial charge is 0.383 e. The van der Waals surface area contributed by atoms with Crippen molar-refractivity contribution in [1.82, 2.24) is 5.32 Å². The highest BCUT2D eigenvalue weighted by Gasteiger charge is 2.07. The first kappa shape index (κ1) is 13.7. The Kier molecular flexibility index (Phi) is 6.69. The third-order valence-electron chi connectivity index (χ3n) is 2.64. The van der Waals surface area contributed by atoms with Crippen LogP contribution in [0.4, 0.5) is 0 Å². The molecule has 0 spiro atoms. The van der Waals surface area contributed by atoms with Crippen LogP contribution in [0.25, 0.3) is 0 Å². The lowest BCUT2D eigenvalue weighted by Gasteiger charge is -2.16. The fraction of sp³-hybridized carbons (Fsp3) is 0.692. The Morgan fingerprint density at radius 2 is 2.06 bits per heavy atom. The van der Waals surface area contributed by atoms with E-state index < -0.39 is 0 Å². The minimum absolute atomic E-state index is 0.488. The van der Waals surface area contributed by atoms with Gasteiger partial charge in [-0.25, -0.2) is 0 Å². The maximum atomic E-state index is 5.21. The van der Waals surface area contributed by atoms with Crippen LogP contribution in [0, 0.1) is 0 Å². The molecule has 0 aromatic carbocycles. The molecule has 1 aromatic rings. The van der Waals surface area contributed by atoms with E-state index in [0.29, 0.717) is 6.04 Å². The SMILES string of the molecule is CCCC(COC)NCc1ccc(CC)s1. The number of hydrogen-bond donors (Lipinski definition) is 1. The summed E-state index contributed by atoms with van der Waals surface area (Å²) >= 11 is 1.91. The second-order valence-electron chi connectivity index (χ2n) is 4.04. The van der Waals surface area contributed by atoms with Crippen LogP contribution in [0.3, 0.4) is 0 Å². The third kappa shape index (κ3) is 4.64. The summed E-state index contributed by atoms with van der Waals surface area (Å²) in [5, 5.41) is 3.56. The Morgan fingerprint density at radius 1 is 1.31 bits per heavy atom. The van der Waals surface area contributed by atoms with Gasteiger partial charge in [-0.2, -0.15) is 0 Å². The summed E-state index contributed by atoms with van der Waals surface area (Å²) in [6, 6.07) is 4.95. The standard InChI is InChI=1S/C13H23NOS/c1-4-6-11(10-15-3)14-9-13-8-7-12(5-2)16-13/h7-8,11,14H,4-6,9-10H2,1-3H3. The number of methoxy groups -OCH3 is 1. The van der Waals surface area contributed by atoms with Crippen LogP contribution < -0.4 is 5.32 Å². The van der Waals surface area contributed by atoms with E-state index >= 15 is 0 Å². The van der Waals surface area contributed by atoms with Crippen molar-refractivity contribution < 1.29 is 4.74 Å². The molecule has 3 heteroatoms. The maximum absolute atomic E-state index is 5.21. The number of aryl methyl sites for hydroxylation is 1. The van der Waals surface area contributed by atoms with Gasteiger partial charge in [-0.15, -0.1) is 11.3 Å². The van der Waals surface area contributed by atoms with E-state index in [-0.39, 0.29) is 0 Å². The average Bonchev–Trinajstić information content (AvgIpc) is 2.74. The topological polar surface area (TPSA) is 21.3 Å². The zero-order valence-electron chi connectivity index (χ0n) is 10.6. The van der Waals surface area contributed by atoms with Gasteiger partial charge in [-0.1, -0.05) is 20.3 Å². The van der Waals surface area contributed by atoms with Gasteiger partial charge in [0.2, 0.25) is 0 Å². The molecule has 1 aromatic heterocycles. The molecule has 0 saturated carbocycles. The van der Waals surface area contributed by atoms with Crippen LogP contribution >= 0.6 is 11.3 Å². The molecule has 1 atom stereocenters. The minimum Gasteiger partial charge on any atom is -0.383 e. The van der Waals surface area contributed by atoms with Crippen molar-refractivity contribution >= 4 is 11.3 Å². The highest BCUT2D eigenvalue weighted by atomic mass is 32.1. The zero-order chi connectivity index (χ0) is 11.8. The van der Waals surface area contributed by atoms with Crippen molar-refractivity contribution in [1.29, 1.82) is 0 Å². The van der Waals surface area contributed by atoms with Crippen molar-refractivity contribution in [3.05, 3.63) is 21.9 Å². The molecular weight excluding hydrogens is 218 g/mol. The van der Waals surface area contributed by atoms with Crippen molar-refractivity contribution in [3.8, 4) is 0 Å². The Bertz CT molecular complexity index is 279. The summed E-state index contributed by atoms with van der Waals surface area (Å²) in [7, 11) is 1.77. The van der Waals surface area contributed by atoms with E-state index in [1.165, 1.54) is 22.6 Å². The summed E-state index contributed by atoms with van der Waals surface area (Å²) < 4.78 is 5.21. The molecule has 0 fully saturated rings. The number of ether oxygens (including phenoxy) is 1. The fourth-order valence-corrected chi connectivity index (χ4v) is 2.66. The highest BCUT2D eigenvalue weighted by Crippen LogP contribution is 2.16. The van der Waals surface area contributed by atoms with E-state index in [9.17, 15) is 0 Å². The summed E-state index contributed by atoms with van der Waals surface area (Å²) in [4.78, 5) is 2.89. The normalized spacial score (nSPS) is 12.9. The van der Waals surface area contributed by atoms with Gasteiger partial charge in [0.25, 0.3) is 0 Å². The van der Waals surface area contributed by atoms with E-state index in [2.05, 4.69) is 31.3 Å². The van der Waals surface area contributed by atoms with Crippen molar-refractivity contribution in [2.45, 2.75) is 45.7 Å². The van der Waals surface area contributed by atoms with Gasteiger partial charge in [0.15, 0.2) is 0 Å². The lowest BCUT2D eigenvalue weighted by molar-refractivity contribution is 0.161. The van der Waals surface area contributed by atoms with Crippen LogP contribution in [-0.2, 0) is 17.7 Å². The average molecular weight is 241 g/mol. The molecule has 0 saturated heterocycles. The van der Waals surface area contributed by atoms with Crippen LogP contribution in [0.5, 0.6) is 0 Å². The summed E-state index contributed by atoms with van der Waals surface area (Å²) in [5.41, 5.74) is 0. The number of nitrogens with one attached hydrogen (secondary N) is 1. The number of rotatable bonds is 8. The van der Waals surface area contributed by atoms with E-state index in [0.717, 1.165) is 19.6 Å². The summed E-state index contributed by atoms with van der Waals surface area (Å²) in [5.74, 6) is 0. The molecule has 0 amide bonds.